The van der Waals surface area contributed by atoms with Crippen LogP contribution < -0.4 is 4.80 Å². The van der Waals surface area contributed by atoms with Gasteiger partial charge in [0.15, 0.2) is 4.80 Å². The van der Waals surface area contributed by atoms with E-state index in [1.807, 2.05) is 0 Å². The van der Waals surface area contributed by atoms with E-state index in [0.29, 0.717) is 28.3 Å². The van der Waals surface area contributed by atoms with E-state index in [2.05, 4.69) is 4.99 Å². The average Bonchev–Trinajstić information content (AvgIpc) is 2.85. The van der Waals surface area contributed by atoms with Gasteiger partial charge in [0.05, 0.1) is 5.56 Å². The van der Waals surface area contributed by atoms with Gasteiger partial charge >= 0.3 is 12.4 Å². The Balaban J connectivity index is 2.58. The zero-order chi connectivity index (χ0) is 19.9. The Morgan fingerprint density at radius 1 is 1.19 bits per heavy atom. The van der Waals surface area contributed by atoms with E-state index in [4.69, 9.17) is 0 Å². The number of amides is 1. The first-order chi connectivity index (χ1) is 11.8. The Kier molecular flexibility index (Phi) is 5.26. The van der Waals surface area contributed by atoms with Crippen LogP contribution in [-0.4, -0.2) is 22.8 Å². The largest absolute Gasteiger partial charge is 0.428 e. The van der Waals surface area contributed by atoms with Crippen molar-refractivity contribution >= 4 is 17.2 Å². The molecule has 0 fully saturated rings. The van der Waals surface area contributed by atoms with Crippen molar-refractivity contribution in [3.63, 3.8) is 0 Å². The zero-order valence-electron chi connectivity index (χ0n) is 12.6. The van der Waals surface area contributed by atoms with Crippen molar-refractivity contribution in [2.45, 2.75) is 25.4 Å². The molecular formula is C14H8F8N2OS. The molecule has 1 amide bonds. The number of halogens is 8. The monoisotopic (exact) mass is 404 g/mol. The first kappa shape index (κ1) is 20.1. The Labute approximate surface area is 144 Å². The highest BCUT2D eigenvalue weighted by atomic mass is 32.1. The van der Waals surface area contributed by atoms with Gasteiger partial charge in [-0.15, -0.1) is 11.3 Å². The number of carbonyl (C=O) groups excluding carboxylic acids is 1. The van der Waals surface area contributed by atoms with Crippen molar-refractivity contribution in [3.05, 3.63) is 45.5 Å². The van der Waals surface area contributed by atoms with Gasteiger partial charge in [-0.1, -0.05) is 0 Å². The molecule has 0 saturated carbocycles. The van der Waals surface area contributed by atoms with E-state index in [1.165, 1.54) is 13.1 Å². The maximum Gasteiger partial charge on any atom is 0.428 e. The number of alkyl halides is 7. The van der Waals surface area contributed by atoms with Gasteiger partial charge < -0.3 is 0 Å². The highest BCUT2D eigenvalue weighted by Crippen LogP contribution is 2.32. The fourth-order valence-corrected chi connectivity index (χ4v) is 2.73. The second-order valence-corrected chi connectivity index (χ2v) is 6.22. The van der Waals surface area contributed by atoms with Crippen molar-refractivity contribution in [2.24, 2.45) is 4.99 Å². The molecule has 1 aromatic carbocycles. The highest BCUT2D eigenvalue weighted by Gasteiger charge is 2.45. The van der Waals surface area contributed by atoms with Gasteiger partial charge in [0.2, 0.25) is 0 Å². The van der Waals surface area contributed by atoms with Crippen molar-refractivity contribution in [1.29, 1.82) is 0 Å². The molecule has 1 aromatic heterocycles. The van der Waals surface area contributed by atoms with Crippen LogP contribution in [0.4, 0.5) is 35.1 Å². The summed E-state index contributed by atoms with van der Waals surface area (Å²) in [5.41, 5.74) is -1.92. The molecule has 2 aromatic rings. The lowest BCUT2D eigenvalue weighted by atomic mass is 10.2. The summed E-state index contributed by atoms with van der Waals surface area (Å²) in [5.74, 6) is -3.70. The quantitative estimate of drug-likeness (QED) is 0.686. The number of aryl methyl sites for hydroxylation is 1. The highest BCUT2D eigenvalue weighted by molar-refractivity contribution is 7.09. The number of thiazole rings is 1. The SMILES string of the molecule is Cc1cn(-c2ccc(F)c(C(F)(F)F)c2)c(=NC(=O)C(F)C(F)(F)F)s1. The van der Waals surface area contributed by atoms with Crippen LogP contribution in [0.3, 0.4) is 0 Å². The van der Waals surface area contributed by atoms with Gasteiger partial charge in [-0.05, 0) is 25.1 Å². The van der Waals surface area contributed by atoms with Crippen LogP contribution in [0.25, 0.3) is 5.69 Å². The molecule has 3 nitrogen and oxygen atoms in total. The standard InChI is InChI=1S/C14H8F8N2OS/c1-6-5-24(7-2-3-9(15)8(4-7)13(17,18)19)12(26-6)23-11(25)10(16)14(20,21)22/h2-5,10H,1H3. The van der Waals surface area contributed by atoms with Crippen LogP contribution in [0.5, 0.6) is 0 Å². The number of hydrogen-bond donors (Lipinski definition) is 0. The minimum Gasteiger partial charge on any atom is -0.292 e. The third-order valence-corrected chi connectivity index (χ3v) is 3.91. The Morgan fingerprint density at radius 3 is 2.35 bits per heavy atom. The normalized spacial score (nSPS) is 14.6. The topological polar surface area (TPSA) is 34.4 Å². The summed E-state index contributed by atoms with van der Waals surface area (Å²) in [6.45, 7) is 1.44. The minimum atomic E-state index is -5.46. The van der Waals surface area contributed by atoms with Crippen LogP contribution in [0, 0.1) is 12.7 Å². The number of hydrogen-bond acceptors (Lipinski definition) is 2. The molecular weight excluding hydrogens is 396 g/mol. The van der Waals surface area contributed by atoms with Gasteiger partial charge in [0.1, 0.15) is 5.82 Å². The Bertz CT molecular complexity index is 894. The van der Waals surface area contributed by atoms with Crippen LogP contribution >= 0.6 is 11.3 Å². The molecule has 0 aliphatic heterocycles. The average molecular weight is 404 g/mol. The van der Waals surface area contributed by atoms with E-state index in [-0.39, 0.29) is 5.69 Å². The van der Waals surface area contributed by atoms with Gasteiger partial charge in [0, 0.05) is 16.8 Å². The lowest BCUT2D eigenvalue weighted by molar-refractivity contribution is -0.185. The summed E-state index contributed by atoms with van der Waals surface area (Å²) in [5, 5.41) is 0. The van der Waals surface area contributed by atoms with Crippen LogP contribution in [0.1, 0.15) is 10.4 Å². The van der Waals surface area contributed by atoms with Crippen molar-refractivity contribution in [2.75, 3.05) is 0 Å². The van der Waals surface area contributed by atoms with E-state index in [1.54, 1.807) is 0 Å². The third-order valence-electron chi connectivity index (χ3n) is 3.01. The van der Waals surface area contributed by atoms with E-state index in [9.17, 15) is 39.9 Å². The summed E-state index contributed by atoms with van der Waals surface area (Å²) in [4.78, 5) is 14.2. The molecule has 0 aliphatic carbocycles. The number of carbonyl (C=O) groups is 1. The second-order valence-electron chi connectivity index (χ2n) is 5.01. The third kappa shape index (κ3) is 4.29. The molecule has 2 rings (SSSR count). The molecule has 1 atom stereocenters. The maximum atomic E-state index is 13.4. The van der Waals surface area contributed by atoms with Gasteiger partial charge in [-0.3, -0.25) is 9.36 Å². The molecule has 0 aliphatic rings. The summed E-state index contributed by atoms with van der Waals surface area (Å²) in [6.07, 6.45) is -13.2. The van der Waals surface area contributed by atoms with Crippen molar-refractivity contribution in [3.8, 4) is 5.69 Å². The summed E-state index contributed by atoms with van der Waals surface area (Å²) < 4.78 is 102. The molecule has 0 radical (unpaired) electrons. The molecule has 1 heterocycles. The molecule has 0 bridgehead atoms. The van der Waals surface area contributed by atoms with E-state index < -0.39 is 40.6 Å². The van der Waals surface area contributed by atoms with Gasteiger partial charge in [-0.2, -0.15) is 31.3 Å². The maximum absolute atomic E-state index is 13.4. The minimum absolute atomic E-state index is 0.308. The van der Waals surface area contributed by atoms with Crippen LogP contribution in [-0.2, 0) is 11.0 Å². The first-order valence-corrected chi connectivity index (χ1v) is 7.48. The predicted molar refractivity (Wildman–Crippen MR) is 74.9 cm³/mol. The lowest BCUT2D eigenvalue weighted by Crippen LogP contribution is -2.33. The molecule has 0 N–H and O–H groups in total. The van der Waals surface area contributed by atoms with Crippen molar-refractivity contribution in [1.82, 2.24) is 4.57 Å². The van der Waals surface area contributed by atoms with E-state index in [0.717, 1.165) is 10.6 Å². The number of aromatic nitrogens is 1. The number of benzene rings is 1. The fraction of sp³-hybridized carbons (Fsp3) is 0.286. The molecule has 26 heavy (non-hydrogen) atoms. The summed E-state index contributed by atoms with van der Waals surface area (Å²) in [6, 6.07) is 1.83. The van der Waals surface area contributed by atoms with Crippen molar-refractivity contribution < 1.29 is 39.9 Å². The smallest absolute Gasteiger partial charge is 0.292 e. The molecule has 0 saturated heterocycles. The van der Waals surface area contributed by atoms with Crippen LogP contribution in [0.2, 0.25) is 0 Å². The first-order valence-electron chi connectivity index (χ1n) is 6.66. The number of nitrogens with zero attached hydrogens (tertiary/aromatic N) is 2. The predicted octanol–water partition coefficient (Wildman–Crippen LogP) is 4.33. The molecule has 1 unspecified atom stereocenters. The molecule has 142 valence electrons. The molecule has 0 spiro atoms. The second kappa shape index (κ2) is 6.82. The lowest BCUT2D eigenvalue weighted by Gasteiger charge is -2.11. The fourth-order valence-electron chi connectivity index (χ4n) is 1.89. The summed E-state index contributed by atoms with van der Waals surface area (Å²) >= 11 is 0.650. The number of rotatable bonds is 2. The van der Waals surface area contributed by atoms with E-state index >= 15 is 0 Å². The zero-order valence-corrected chi connectivity index (χ0v) is 13.4. The van der Waals surface area contributed by atoms with Gasteiger partial charge in [-0.25, -0.2) is 8.78 Å². The Hall–Kier alpha value is -2.24. The Morgan fingerprint density at radius 2 is 1.81 bits per heavy atom. The summed E-state index contributed by atoms with van der Waals surface area (Å²) in [7, 11) is 0. The van der Waals surface area contributed by atoms with Gasteiger partial charge in [0.25, 0.3) is 12.1 Å². The van der Waals surface area contributed by atoms with Crippen LogP contribution in [0.15, 0.2) is 29.4 Å². The molecule has 12 heteroatoms.